The molecule has 0 heterocycles. The van der Waals surface area contributed by atoms with Crippen LogP contribution in [0, 0.1) is 12.7 Å². The molecular formula is C16H15ClFNO2. The molecule has 1 N–H and O–H groups in total. The number of hydrogen-bond donors (Lipinski definition) is 1. The summed E-state index contributed by atoms with van der Waals surface area (Å²) in [6, 6.07) is 9.94. The van der Waals surface area contributed by atoms with Crippen LogP contribution in [0.5, 0.6) is 5.75 Å². The number of halogens is 2. The van der Waals surface area contributed by atoms with Crippen molar-refractivity contribution in [1.29, 1.82) is 0 Å². The molecule has 110 valence electrons. The van der Waals surface area contributed by atoms with Gasteiger partial charge in [-0.25, -0.2) is 4.39 Å². The zero-order valence-corrected chi connectivity index (χ0v) is 12.5. The smallest absolute Gasteiger partial charge is 0.131 e. The van der Waals surface area contributed by atoms with Crippen LogP contribution in [-0.2, 0) is 6.61 Å². The minimum Gasteiger partial charge on any atom is -0.488 e. The van der Waals surface area contributed by atoms with Crippen molar-refractivity contribution in [2.75, 3.05) is 0 Å². The van der Waals surface area contributed by atoms with E-state index in [1.54, 1.807) is 25.1 Å². The van der Waals surface area contributed by atoms with Gasteiger partial charge in [-0.15, -0.1) is 0 Å². The number of rotatable bonds is 4. The predicted molar refractivity (Wildman–Crippen MR) is 80.9 cm³/mol. The van der Waals surface area contributed by atoms with E-state index in [9.17, 15) is 4.39 Å². The lowest BCUT2D eigenvalue weighted by atomic mass is 10.1. The standard InChI is InChI=1S/C16H15ClFNO2/c1-10-3-6-16(14(7-10)11(2)19-20)21-9-12-4-5-13(17)8-15(12)18/h3-8,20H,9H2,1-2H3/b19-11-. The molecule has 0 bridgehead atoms. The molecule has 0 fully saturated rings. The Bertz CT molecular complexity index is 686. The third-order valence-corrected chi connectivity index (χ3v) is 3.31. The average Bonchev–Trinajstić information content (AvgIpc) is 2.46. The average molecular weight is 308 g/mol. The Balaban J connectivity index is 2.24. The van der Waals surface area contributed by atoms with Crippen LogP contribution in [0.1, 0.15) is 23.6 Å². The van der Waals surface area contributed by atoms with E-state index >= 15 is 0 Å². The van der Waals surface area contributed by atoms with Crippen LogP contribution in [0.3, 0.4) is 0 Å². The lowest BCUT2D eigenvalue weighted by Gasteiger charge is -2.12. The highest BCUT2D eigenvalue weighted by Crippen LogP contribution is 2.23. The predicted octanol–water partition coefficient (Wildman–Crippen LogP) is 4.56. The van der Waals surface area contributed by atoms with Crippen LogP contribution in [0.4, 0.5) is 4.39 Å². The van der Waals surface area contributed by atoms with E-state index in [4.69, 9.17) is 21.5 Å². The Morgan fingerprint density at radius 2 is 2.05 bits per heavy atom. The third-order valence-electron chi connectivity index (χ3n) is 3.07. The number of aryl methyl sites for hydroxylation is 1. The number of hydrogen-bond acceptors (Lipinski definition) is 3. The molecule has 0 atom stereocenters. The second-order valence-corrected chi connectivity index (χ2v) is 5.15. The SMILES string of the molecule is C/C(=N/O)c1cc(C)ccc1OCc1ccc(Cl)cc1F. The fourth-order valence-electron chi connectivity index (χ4n) is 1.90. The van der Waals surface area contributed by atoms with Gasteiger partial charge in [-0.2, -0.15) is 0 Å². The van der Waals surface area contributed by atoms with Crippen molar-refractivity contribution >= 4 is 17.3 Å². The molecule has 2 rings (SSSR count). The summed E-state index contributed by atoms with van der Waals surface area (Å²) in [5.41, 5.74) is 2.53. The highest BCUT2D eigenvalue weighted by molar-refractivity contribution is 6.30. The van der Waals surface area contributed by atoms with Crippen molar-refractivity contribution in [1.82, 2.24) is 0 Å². The topological polar surface area (TPSA) is 41.8 Å². The van der Waals surface area contributed by atoms with E-state index in [0.717, 1.165) is 5.56 Å². The highest BCUT2D eigenvalue weighted by atomic mass is 35.5. The van der Waals surface area contributed by atoms with Gasteiger partial charge in [0.25, 0.3) is 0 Å². The maximum Gasteiger partial charge on any atom is 0.131 e. The van der Waals surface area contributed by atoms with Gasteiger partial charge < -0.3 is 9.94 Å². The zero-order valence-electron chi connectivity index (χ0n) is 11.7. The van der Waals surface area contributed by atoms with Gasteiger partial charge in [0, 0.05) is 16.1 Å². The lowest BCUT2D eigenvalue weighted by molar-refractivity contribution is 0.297. The van der Waals surface area contributed by atoms with Gasteiger partial charge in [0.15, 0.2) is 0 Å². The Kier molecular flexibility index (Phi) is 4.81. The Morgan fingerprint density at radius 1 is 1.29 bits per heavy atom. The molecule has 21 heavy (non-hydrogen) atoms. The highest BCUT2D eigenvalue weighted by Gasteiger charge is 2.10. The minimum absolute atomic E-state index is 0.0672. The van der Waals surface area contributed by atoms with Crippen LogP contribution >= 0.6 is 11.6 Å². The van der Waals surface area contributed by atoms with E-state index < -0.39 is 5.82 Å². The van der Waals surface area contributed by atoms with E-state index in [-0.39, 0.29) is 6.61 Å². The number of ether oxygens (including phenoxy) is 1. The maximum atomic E-state index is 13.7. The summed E-state index contributed by atoms with van der Waals surface area (Å²) >= 11 is 5.71. The number of nitrogens with zero attached hydrogens (tertiary/aromatic N) is 1. The summed E-state index contributed by atoms with van der Waals surface area (Å²) in [5.74, 6) is 0.119. The number of oxime groups is 1. The van der Waals surface area contributed by atoms with Crippen LogP contribution in [0.15, 0.2) is 41.6 Å². The molecule has 0 aliphatic carbocycles. The van der Waals surface area contributed by atoms with Crippen LogP contribution in [0.25, 0.3) is 0 Å². The van der Waals surface area contributed by atoms with E-state index in [1.807, 2.05) is 19.1 Å². The maximum absolute atomic E-state index is 13.7. The lowest BCUT2D eigenvalue weighted by Crippen LogP contribution is -2.04. The first kappa shape index (κ1) is 15.3. The quantitative estimate of drug-likeness (QED) is 0.511. The van der Waals surface area contributed by atoms with Crippen molar-refractivity contribution in [2.24, 2.45) is 5.16 Å². The number of benzene rings is 2. The fraction of sp³-hybridized carbons (Fsp3) is 0.188. The molecule has 2 aromatic carbocycles. The molecule has 0 unspecified atom stereocenters. The summed E-state index contributed by atoms with van der Waals surface area (Å²) in [5, 5.41) is 12.5. The molecule has 0 amide bonds. The first-order chi connectivity index (χ1) is 10.0. The van der Waals surface area contributed by atoms with Crippen molar-refractivity contribution in [3.63, 3.8) is 0 Å². The van der Waals surface area contributed by atoms with Gasteiger partial charge in [-0.05, 0) is 38.1 Å². The van der Waals surface area contributed by atoms with Crippen LogP contribution < -0.4 is 4.74 Å². The van der Waals surface area contributed by atoms with Gasteiger partial charge in [-0.3, -0.25) is 0 Å². The van der Waals surface area contributed by atoms with Crippen molar-refractivity contribution in [3.8, 4) is 5.75 Å². The second-order valence-electron chi connectivity index (χ2n) is 4.71. The monoisotopic (exact) mass is 307 g/mol. The molecule has 0 saturated carbocycles. The molecule has 0 spiro atoms. The summed E-state index contributed by atoms with van der Waals surface area (Å²) in [6.45, 7) is 3.67. The van der Waals surface area contributed by atoms with E-state index in [2.05, 4.69) is 5.16 Å². The molecule has 2 aromatic rings. The molecular weight excluding hydrogens is 293 g/mol. The van der Waals surface area contributed by atoms with Crippen molar-refractivity contribution in [2.45, 2.75) is 20.5 Å². The molecule has 0 aromatic heterocycles. The summed E-state index contributed by atoms with van der Waals surface area (Å²) in [4.78, 5) is 0. The van der Waals surface area contributed by atoms with Gasteiger partial charge in [0.1, 0.15) is 18.2 Å². The molecule has 0 aliphatic heterocycles. The van der Waals surface area contributed by atoms with Gasteiger partial charge >= 0.3 is 0 Å². The van der Waals surface area contributed by atoms with E-state index in [0.29, 0.717) is 27.6 Å². The van der Waals surface area contributed by atoms with Gasteiger partial charge in [0.05, 0.1) is 5.71 Å². The first-order valence-electron chi connectivity index (χ1n) is 6.37. The minimum atomic E-state index is -0.413. The third kappa shape index (κ3) is 3.73. The zero-order chi connectivity index (χ0) is 15.4. The molecule has 5 heteroatoms. The van der Waals surface area contributed by atoms with E-state index in [1.165, 1.54) is 6.07 Å². The fourth-order valence-corrected chi connectivity index (χ4v) is 2.06. The summed E-state index contributed by atoms with van der Waals surface area (Å²) < 4.78 is 19.4. The molecule has 0 aliphatic rings. The first-order valence-corrected chi connectivity index (χ1v) is 6.75. The van der Waals surface area contributed by atoms with Gasteiger partial charge in [0.2, 0.25) is 0 Å². The summed E-state index contributed by atoms with van der Waals surface area (Å²) in [6.07, 6.45) is 0. The van der Waals surface area contributed by atoms with Crippen LogP contribution in [-0.4, -0.2) is 10.9 Å². The molecule has 0 saturated heterocycles. The Morgan fingerprint density at radius 3 is 2.71 bits per heavy atom. The van der Waals surface area contributed by atoms with Crippen LogP contribution in [0.2, 0.25) is 5.02 Å². The molecule has 3 nitrogen and oxygen atoms in total. The normalized spacial score (nSPS) is 11.5. The second kappa shape index (κ2) is 6.59. The largest absolute Gasteiger partial charge is 0.488 e. The van der Waals surface area contributed by atoms with Crippen molar-refractivity contribution in [3.05, 3.63) is 63.9 Å². The summed E-state index contributed by atoms with van der Waals surface area (Å²) in [7, 11) is 0. The Labute approximate surface area is 127 Å². The Hall–Kier alpha value is -2.07. The van der Waals surface area contributed by atoms with Crippen molar-refractivity contribution < 1.29 is 14.3 Å². The molecule has 0 radical (unpaired) electrons. The van der Waals surface area contributed by atoms with Gasteiger partial charge in [-0.1, -0.05) is 34.5 Å².